The fourth-order valence-electron chi connectivity index (χ4n) is 1.61. The van der Waals surface area contributed by atoms with E-state index in [0.29, 0.717) is 0 Å². The van der Waals surface area contributed by atoms with Gasteiger partial charge in [-0.25, -0.2) is 4.39 Å². The predicted molar refractivity (Wildman–Crippen MR) is 67.5 cm³/mol. The SMILES string of the molecule is O=C(Nc1ccccc1OC(F)(F)F)c1cccc(F)c1. The molecular formula is C14H9F4NO2. The summed E-state index contributed by atoms with van der Waals surface area (Å²) in [5, 5.41) is 2.25. The zero-order valence-corrected chi connectivity index (χ0v) is 10.4. The Balaban J connectivity index is 2.22. The number of rotatable bonds is 3. The number of hydrogen-bond acceptors (Lipinski definition) is 2. The van der Waals surface area contributed by atoms with E-state index in [0.717, 1.165) is 18.2 Å². The average Bonchev–Trinajstić information content (AvgIpc) is 2.39. The first-order valence-electron chi connectivity index (χ1n) is 5.77. The number of carbonyl (C=O) groups is 1. The zero-order valence-electron chi connectivity index (χ0n) is 10.4. The van der Waals surface area contributed by atoms with E-state index in [1.807, 2.05) is 0 Å². The molecule has 2 aromatic carbocycles. The Kier molecular flexibility index (Phi) is 4.11. The largest absolute Gasteiger partial charge is 0.573 e. The molecule has 7 heteroatoms. The maximum absolute atomic E-state index is 13.0. The van der Waals surface area contributed by atoms with Gasteiger partial charge in [0.15, 0.2) is 5.75 Å². The molecule has 1 N–H and O–H groups in total. The van der Waals surface area contributed by atoms with Crippen molar-refractivity contribution in [1.29, 1.82) is 0 Å². The summed E-state index contributed by atoms with van der Waals surface area (Å²) in [5.41, 5.74) is -0.180. The maximum atomic E-state index is 13.0. The van der Waals surface area contributed by atoms with Gasteiger partial charge in [0.1, 0.15) is 5.82 Å². The minimum atomic E-state index is -4.88. The van der Waals surface area contributed by atoms with Crippen LogP contribution >= 0.6 is 0 Å². The number of alkyl halides is 3. The number of ether oxygens (including phenoxy) is 1. The monoisotopic (exact) mass is 299 g/mol. The van der Waals surface area contributed by atoms with Crippen molar-refractivity contribution in [3.63, 3.8) is 0 Å². The first kappa shape index (κ1) is 14.8. The standard InChI is InChI=1S/C14H9F4NO2/c15-10-5-3-4-9(8-10)13(20)19-11-6-1-2-7-12(11)21-14(16,17)18/h1-8H,(H,19,20). The highest BCUT2D eigenvalue weighted by molar-refractivity contribution is 6.05. The van der Waals surface area contributed by atoms with Crippen molar-refractivity contribution in [1.82, 2.24) is 0 Å². The lowest BCUT2D eigenvalue weighted by molar-refractivity contribution is -0.274. The summed E-state index contributed by atoms with van der Waals surface area (Å²) >= 11 is 0. The van der Waals surface area contributed by atoms with E-state index in [1.165, 1.54) is 30.3 Å². The molecule has 0 spiro atoms. The van der Waals surface area contributed by atoms with Gasteiger partial charge in [-0.1, -0.05) is 18.2 Å². The lowest BCUT2D eigenvalue weighted by Crippen LogP contribution is -2.19. The summed E-state index contributed by atoms with van der Waals surface area (Å²) in [5.74, 6) is -1.91. The van der Waals surface area contributed by atoms with Gasteiger partial charge in [0.25, 0.3) is 5.91 Å². The summed E-state index contributed by atoms with van der Waals surface area (Å²) in [6.07, 6.45) is -4.88. The van der Waals surface area contributed by atoms with Crippen LogP contribution in [0.25, 0.3) is 0 Å². The molecule has 0 saturated carbocycles. The van der Waals surface area contributed by atoms with Crippen LogP contribution in [0.5, 0.6) is 5.75 Å². The molecule has 0 aliphatic heterocycles. The Hall–Kier alpha value is -2.57. The number of nitrogens with one attached hydrogen (secondary N) is 1. The Morgan fingerprint density at radius 2 is 1.76 bits per heavy atom. The second-order valence-electron chi connectivity index (χ2n) is 4.01. The molecule has 0 heterocycles. The second kappa shape index (κ2) is 5.82. The Morgan fingerprint density at radius 1 is 1.05 bits per heavy atom. The van der Waals surface area contributed by atoms with Crippen LogP contribution in [0.3, 0.4) is 0 Å². The van der Waals surface area contributed by atoms with E-state index in [-0.39, 0.29) is 11.3 Å². The number of halogens is 4. The Labute approximate surface area is 117 Å². The number of carbonyl (C=O) groups excluding carboxylic acids is 1. The van der Waals surface area contributed by atoms with E-state index in [9.17, 15) is 22.4 Å². The predicted octanol–water partition coefficient (Wildman–Crippen LogP) is 3.98. The first-order chi connectivity index (χ1) is 9.85. The molecule has 0 bridgehead atoms. The number of anilines is 1. The molecule has 0 aliphatic rings. The van der Waals surface area contributed by atoms with E-state index in [4.69, 9.17) is 0 Å². The zero-order chi connectivity index (χ0) is 15.5. The second-order valence-corrected chi connectivity index (χ2v) is 4.01. The average molecular weight is 299 g/mol. The van der Waals surface area contributed by atoms with Gasteiger partial charge in [-0.2, -0.15) is 0 Å². The molecule has 3 nitrogen and oxygen atoms in total. The Bertz CT molecular complexity index is 655. The van der Waals surface area contributed by atoms with E-state index < -0.39 is 23.8 Å². The van der Waals surface area contributed by atoms with Crippen molar-refractivity contribution >= 4 is 11.6 Å². The van der Waals surface area contributed by atoms with Crippen molar-refractivity contribution < 1.29 is 27.1 Å². The molecule has 2 aromatic rings. The van der Waals surface area contributed by atoms with Crippen LogP contribution in [-0.2, 0) is 0 Å². The lowest BCUT2D eigenvalue weighted by atomic mass is 10.2. The number of hydrogen-bond donors (Lipinski definition) is 1. The van der Waals surface area contributed by atoms with Crippen molar-refractivity contribution in [2.24, 2.45) is 0 Å². The lowest BCUT2D eigenvalue weighted by Gasteiger charge is -2.13. The summed E-state index contributed by atoms with van der Waals surface area (Å²) in [4.78, 5) is 11.9. The highest BCUT2D eigenvalue weighted by Crippen LogP contribution is 2.30. The molecule has 110 valence electrons. The van der Waals surface area contributed by atoms with Gasteiger partial charge in [-0.3, -0.25) is 4.79 Å². The van der Waals surface area contributed by atoms with Crippen LogP contribution in [0.4, 0.5) is 23.2 Å². The van der Waals surface area contributed by atoms with E-state index in [1.54, 1.807) is 0 Å². The Morgan fingerprint density at radius 3 is 2.43 bits per heavy atom. The van der Waals surface area contributed by atoms with Crippen LogP contribution < -0.4 is 10.1 Å². The summed E-state index contributed by atoms with van der Waals surface area (Å²) < 4.78 is 53.6. The van der Waals surface area contributed by atoms with Gasteiger partial charge in [0, 0.05) is 5.56 Å². The van der Waals surface area contributed by atoms with Crippen LogP contribution in [0.1, 0.15) is 10.4 Å². The third-order valence-electron chi connectivity index (χ3n) is 2.45. The third kappa shape index (κ3) is 4.20. The van der Waals surface area contributed by atoms with Crippen molar-refractivity contribution in [2.75, 3.05) is 5.32 Å². The normalized spacial score (nSPS) is 11.0. The maximum Gasteiger partial charge on any atom is 0.573 e. The molecule has 0 saturated heterocycles. The quantitative estimate of drug-likeness (QED) is 0.871. The van der Waals surface area contributed by atoms with Crippen molar-refractivity contribution in [2.45, 2.75) is 6.36 Å². The molecule has 21 heavy (non-hydrogen) atoms. The summed E-state index contributed by atoms with van der Waals surface area (Å²) in [7, 11) is 0. The summed E-state index contributed by atoms with van der Waals surface area (Å²) in [6, 6.07) is 9.87. The number of amides is 1. The smallest absolute Gasteiger partial charge is 0.404 e. The van der Waals surface area contributed by atoms with E-state index >= 15 is 0 Å². The minimum absolute atomic E-state index is 0.0168. The van der Waals surface area contributed by atoms with Gasteiger partial charge in [0.2, 0.25) is 0 Å². The van der Waals surface area contributed by atoms with Gasteiger partial charge < -0.3 is 10.1 Å². The van der Waals surface area contributed by atoms with Crippen LogP contribution in [0.2, 0.25) is 0 Å². The van der Waals surface area contributed by atoms with Gasteiger partial charge >= 0.3 is 6.36 Å². The molecule has 1 amide bonds. The summed E-state index contributed by atoms with van der Waals surface area (Å²) in [6.45, 7) is 0. The highest BCUT2D eigenvalue weighted by Gasteiger charge is 2.32. The molecular weight excluding hydrogens is 290 g/mol. The van der Waals surface area contributed by atoms with Gasteiger partial charge in [-0.05, 0) is 30.3 Å². The third-order valence-corrected chi connectivity index (χ3v) is 2.45. The van der Waals surface area contributed by atoms with Crippen molar-refractivity contribution in [3.8, 4) is 5.75 Å². The number of para-hydroxylation sites is 2. The van der Waals surface area contributed by atoms with Crippen LogP contribution in [0.15, 0.2) is 48.5 Å². The fourth-order valence-corrected chi connectivity index (χ4v) is 1.61. The molecule has 0 fully saturated rings. The fraction of sp³-hybridized carbons (Fsp3) is 0.0714. The number of benzene rings is 2. The van der Waals surface area contributed by atoms with Crippen molar-refractivity contribution in [3.05, 3.63) is 59.9 Å². The van der Waals surface area contributed by atoms with Gasteiger partial charge in [0.05, 0.1) is 5.69 Å². The minimum Gasteiger partial charge on any atom is -0.404 e. The van der Waals surface area contributed by atoms with Crippen LogP contribution in [-0.4, -0.2) is 12.3 Å². The molecule has 0 unspecified atom stereocenters. The highest BCUT2D eigenvalue weighted by atomic mass is 19.4. The van der Waals surface area contributed by atoms with Gasteiger partial charge in [-0.15, -0.1) is 13.2 Å². The topological polar surface area (TPSA) is 38.3 Å². The molecule has 0 atom stereocenters. The molecule has 0 aliphatic carbocycles. The molecule has 0 radical (unpaired) electrons. The molecule has 0 aromatic heterocycles. The van der Waals surface area contributed by atoms with E-state index in [2.05, 4.69) is 10.1 Å². The first-order valence-corrected chi connectivity index (χ1v) is 5.77. The van der Waals surface area contributed by atoms with Crippen LogP contribution in [0, 0.1) is 5.82 Å². The molecule has 2 rings (SSSR count).